The Kier molecular flexibility index (Phi) is 4.63. The van der Waals surface area contributed by atoms with Crippen LogP contribution in [0.25, 0.3) is 0 Å². The fraction of sp³-hybridized carbons (Fsp3) is 0.476. The summed E-state index contributed by atoms with van der Waals surface area (Å²) in [6, 6.07) is 13.1. The molecule has 0 unspecified atom stereocenters. The average Bonchev–Trinajstić information content (AvgIpc) is 2.63. The van der Waals surface area contributed by atoms with Gasteiger partial charge in [-0.2, -0.15) is 0 Å². The van der Waals surface area contributed by atoms with Crippen molar-refractivity contribution in [2.24, 2.45) is 0 Å². The summed E-state index contributed by atoms with van der Waals surface area (Å²) >= 11 is 0. The van der Waals surface area contributed by atoms with Crippen molar-refractivity contribution in [3.63, 3.8) is 0 Å². The molecule has 1 aromatic heterocycles. The lowest BCUT2D eigenvalue weighted by Gasteiger charge is -2.33. The maximum atomic E-state index is 4.81. The summed E-state index contributed by atoms with van der Waals surface area (Å²) in [7, 11) is 2.23. The topological polar surface area (TPSA) is 19.4 Å². The fourth-order valence-electron chi connectivity index (χ4n) is 4.19. The number of hydrogen-bond acceptors (Lipinski definition) is 3. The third kappa shape index (κ3) is 3.38. The van der Waals surface area contributed by atoms with Gasteiger partial charge in [-0.1, -0.05) is 30.3 Å². The van der Waals surface area contributed by atoms with Crippen LogP contribution in [-0.4, -0.2) is 41.5 Å². The maximum absolute atomic E-state index is 4.81. The van der Waals surface area contributed by atoms with Crippen molar-refractivity contribution < 1.29 is 0 Å². The van der Waals surface area contributed by atoms with E-state index in [1.54, 1.807) is 5.56 Å². The predicted octanol–water partition coefficient (Wildman–Crippen LogP) is 3.45. The Morgan fingerprint density at radius 3 is 2.62 bits per heavy atom. The van der Waals surface area contributed by atoms with Crippen LogP contribution in [-0.2, 0) is 19.5 Å². The molecule has 0 bridgehead atoms. The molecule has 0 amide bonds. The largest absolute Gasteiger partial charge is 0.306 e. The summed E-state index contributed by atoms with van der Waals surface area (Å²) in [5.41, 5.74) is 5.86. The molecule has 1 saturated heterocycles. The van der Waals surface area contributed by atoms with Gasteiger partial charge in [-0.15, -0.1) is 0 Å². The lowest BCUT2D eigenvalue weighted by Crippen LogP contribution is -2.33. The zero-order valence-corrected chi connectivity index (χ0v) is 14.6. The van der Waals surface area contributed by atoms with E-state index < -0.39 is 0 Å². The maximum Gasteiger partial charge on any atom is 0.0471 e. The number of hydrogen-bond donors (Lipinski definition) is 0. The summed E-state index contributed by atoms with van der Waals surface area (Å²) in [5.74, 6) is 0.664. The molecule has 24 heavy (non-hydrogen) atoms. The van der Waals surface area contributed by atoms with Gasteiger partial charge in [-0.05, 0) is 62.2 Å². The van der Waals surface area contributed by atoms with Gasteiger partial charge in [0, 0.05) is 37.4 Å². The summed E-state index contributed by atoms with van der Waals surface area (Å²) in [4.78, 5) is 9.82. The smallest absolute Gasteiger partial charge is 0.0471 e. The molecule has 0 spiro atoms. The summed E-state index contributed by atoms with van der Waals surface area (Å²) in [6.07, 6.45) is 5.71. The van der Waals surface area contributed by atoms with E-state index in [0.717, 1.165) is 26.1 Å². The molecule has 126 valence electrons. The first-order valence-electron chi connectivity index (χ1n) is 9.21. The molecule has 2 aliphatic rings. The Bertz CT molecular complexity index is 675. The first-order chi connectivity index (χ1) is 11.8. The van der Waals surface area contributed by atoms with Crippen LogP contribution in [0.5, 0.6) is 0 Å². The Morgan fingerprint density at radius 2 is 1.83 bits per heavy atom. The minimum absolute atomic E-state index is 0.664. The van der Waals surface area contributed by atoms with Gasteiger partial charge in [0.1, 0.15) is 0 Å². The van der Waals surface area contributed by atoms with Crippen LogP contribution in [0.15, 0.2) is 42.6 Å². The molecule has 0 aliphatic carbocycles. The zero-order chi connectivity index (χ0) is 16.4. The molecular weight excluding hydrogens is 294 g/mol. The van der Waals surface area contributed by atoms with E-state index in [1.165, 1.54) is 42.8 Å². The van der Waals surface area contributed by atoms with E-state index in [9.17, 15) is 0 Å². The molecule has 0 atom stereocenters. The van der Waals surface area contributed by atoms with Gasteiger partial charge < -0.3 is 4.90 Å². The average molecular weight is 321 g/mol. The monoisotopic (exact) mass is 321 g/mol. The van der Waals surface area contributed by atoms with Gasteiger partial charge in [0.2, 0.25) is 0 Å². The minimum Gasteiger partial charge on any atom is -0.306 e. The predicted molar refractivity (Wildman–Crippen MR) is 98.0 cm³/mol. The molecule has 0 radical (unpaired) electrons. The van der Waals surface area contributed by atoms with Crippen LogP contribution in [0.4, 0.5) is 0 Å². The van der Waals surface area contributed by atoms with Crippen LogP contribution in [0.3, 0.4) is 0 Å². The number of nitrogens with zero attached hydrogens (tertiary/aromatic N) is 3. The van der Waals surface area contributed by atoms with Crippen LogP contribution >= 0.6 is 0 Å². The standard InChI is InChI=1S/C21H27N3/c1-23-12-8-18(9-13-23)21-20-10-14-24(16-19(20)7-11-22-21)15-17-5-3-2-4-6-17/h2-7,11,18H,8-10,12-16H2,1H3. The summed E-state index contributed by atoms with van der Waals surface area (Å²) in [5, 5.41) is 0. The number of likely N-dealkylation sites (tertiary alicyclic amines) is 1. The molecule has 1 aromatic carbocycles. The highest BCUT2D eigenvalue weighted by Gasteiger charge is 2.26. The van der Waals surface area contributed by atoms with Crippen LogP contribution in [0.1, 0.15) is 41.1 Å². The lowest BCUT2D eigenvalue weighted by molar-refractivity contribution is 0.238. The highest BCUT2D eigenvalue weighted by atomic mass is 15.1. The van der Waals surface area contributed by atoms with Gasteiger partial charge in [0.25, 0.3) is 0 Å². The molecule has 0 N–H and O–H groups in total. The van der Waals surface area contributed by atoms with Gasteiger partial charge in [-0.3, -0.25) is 9.88 Å². The quantitative estimate of drug-likeness (QED) is 0.863. The van der Waals surface area contributed by atoms with Gasteiger partial charge in [-0.25, -0.2) is 0 Å². The van der Waals surface area contributed by atoms with Crippen LogP contribution < -0.4 is 0 Å². The molecule has 3 heteroatoms. The van der Waals surface area contributed by atoms with Gasteiger partial charge in [0.15, 0.2) is 0 Å². The second kappa shape index (κ2) is 7.04. The number of piperidine rings is 1. The molecule has 3 nitrogen and oxygen atoms in total. The number of aromatic nitrogens is 1. The Balaban J connectivity index is 1.49. The molecule has 4 rings (SSSR count). The number of fused-ring (bicyclic) bond motifs is 1. The van der Waals surface area contributed by atoms with Crippen LogP contribution in [0.2, 0.25) is 0 Å². The van der Waals surface area contributed by atoms with Crippen molar-refractivity contribution in [3.05, 3.63) is 65.0 Å². The molecule has 1 fully saturated rings. The fourth-order valence-corrected chi connectivity index (χ4v) is 4.19. The summed E-state index contributed by atoms with van der Waals surface area (Å²) in [6.45, 7) is 5.66. The minimum atomic E-state index is 0.664. The first kappa shape index (κ1) is 15.8. The van der Waals surface area contributed by atoms with Crippen molar-refractivity contribution in [2.75, 3.05) is 26.7 Å². The Morgan fingerprint density at radius 1 is 1.04 bits per heavy atom. The van der Waals surface area contributed by atoms with Gasteiger partial charge in [0.05, 0.1) is 0 Å². The number of benzene rings is 1. The second-order valence-electron chi connectivity index (χ2n) is 7.36. The highest BCUT2D eigenvalue weighted by molar-refractivity contribution is 5.34. The first-order valence-corrected chi connectivity index (χ1v) is 9.21. The molecule has 3 heterocycles. The molecular formula is C21H27N3. The van der Waals surface area contributed by atoms with E-state index in [-0.39, 0.29) is 0 Å². The van der Waals surface area contributed by atoms with E-state index in [4.69, 9.17) is 4.98 Å². The lowest BCUT2D eigenvalue weighted by atomic mass is 9.86. The number of rotatable bonds is 3. The third-order valence-corrected chi connectivity index (χ3v) is 5.61. The van der Waals surface area contributed by atoms with Crippen molar-refractivity contribution in [1.29, 1.82) is 0 Å². The normalized spacial score (nSPS) is 20.0. The van der Waals surface area contributed by atoms with E-state index >= 15 is 0 Å². The van der Waals surface area contributed by atoms with E-state index in [2.05, 4.69) is 53.2 Å². The van der Waals surface area contributed by atoms with Crippen molar-refractivity contribution in [1.82, 2.24) is 14.8 Å². The van der Waals surface area contributed by atoms with Crippen molar-refractivity contribution in [2.45, 2.75) is 38.3 Å². The van der Waals surface area contributed by atoms with Gasteiger partial charge >= 0.3 is 0 Å². The molecule has 0 saturated carbocycles. The van der Waals surface area contributed by atoms with Crippen molar-refractivity contribution in [3.8, 4) is 0 Å². The Hall–Kier alpha value is -1.71. The van der Waals surface area contributed by atoms with E-state index in [1.807, 2.05) is 6.20 Å². The van der Waals surface area contributed by atoms with Crippen molar-refractivity contribution >= 4 is 0 Å². The second-order valence-corrected chi connectivity index (χ2v) is 7.36. The molecule has 2 aliphatic heterocycles. The van der Waals surface area contributed by atoms with E-state index in [0.29, 0.717) is 5.92 Å². The summed E-state index contributed by atoms with van der Waals surface area (Å²) < 4.78 is 0. The zero-order valence-electron chi connectivity index (χ0n) is 14.6. The third-order valence-electron chi connectivity index (χ3n) is 5.61. The number of pyridine rings is 1. The van der Waals surface area contributed by atoms with Crippen LogP contribution in [0, 0.1) is 0 Å². The molecule has 2 aromatic rings. The Labute approximate surface area is 145 Å². The SMILES string of the molecule is CN1CCC(c2nccc3c2CCN(Cc2ccccc2)C3)CC1. The highest BCUT2D eigenvalue weighted by Crippen LogP contribution is 2.32.